The first-order valence-electron chi connectivity index (χ1n) is 6.61. The van der Waals surface area contributed by atoms with E-state index in [1.807, 2.05) is 54.8 Å². The second-order valence-electron chi connectivity index (χ2n) is 4.97. The van der Waals surface area contributed by atoms with Crippen LogP contribution in [0.5, 0.6) is 0 Å². The molecule has 21 heavy (non-hydrogen) atoms. The van der Waals surface area contributed by atoms with E-state index in [1.54, 1.807) is 17.7 Å². The van der Waals surface area contributed by atoms with E-state index in [-0.39, 0.29) is 6.54 Å². The van der Waals surface area contributed by atoms with Gasteiger partial charge in [0.15, 0.2) is 0 Å². The lowest BCUT2D eigenvalue weighted by Gasteiger charge is -2.21. The van der Waals surface area contributed by atoms with E-state index in [0.29, 0.717) is 5.56 Å². The molecule has 5 heteroatoms. The lowest BCUT2D eigenvalue weighted by Crippen LogP contribution is -2.27. The Bertz CT molecular complexity index is 585. The van der Waals surface area contributed by atoms with Crippen LogP contribution in [0.3, 0.4) is 0 Å². The van der Waals surface area contributed by atoms with Gasteiger partial charge in [0.2, 0.25) is 0 Å². The Labute approximate surface area is 133 Å². The molecule has 3 N–H and O–H groups in total. The van der Waals surface area contributed by atoms with Crippen LogP contribution in [0, 0.1) is 0 Å². The third-order valence-corrected chi connectivity index (χ3v) is 4.54. The number of nitrogens with two attached hydrogens (primary N) is 1. The number of nitrogens with one attached hydrogen (secondary N) is 1. The monoisotopic (exact) mass is 322 g/mol. The average molecular weight is 322 g/mol. The molecule has 2 nitrogen and oxygen atoms in total. The Morgan fingerprint density at radius 3 is 2.48 bits per heavy atom. The number of hydrogen-bond donors (Lipinski definition) is 2. The zero-order valence-electron chi connectivity index (χ0n) is 12.1. The summed E-state index contributed by atoms with van der Waals surface area (Å²) in [7, 11) is 3.01. The molecule has 0 aromatic heterocycles. The molecular weight excluding hydrogens is 303 g/mol. The summed E-state index contributed by atoms with van der Waals surface area (Å²) < 4.78 is 17.7. The molecule has 0 heterocycles. The lowest BCUT2D eigenvalue weighted by atomic mass is 9.95. The number of alkyl halides is 1. The fraction of sp³-hybridized carbons (Fsp3) is 0.250. The molecule has 0 saturated carbocycles. The zero-order chi connectivity index (χ0) is 15.3. The maximum atomic E-state index is 14.6. The SMILES string of the molecule is CSSNCC(C)(F)c1ccc(-c2cccc(N)c2)cc1. The molecule has 0 fully saturated rings. The fourth-order valence-corrected chi connectivity index (χ4v) is 3.03. The molecule has 0 amide bonds. The molecule has 0 aliphatic heterocycles. The summed E-state index contributed by atoms with van der Waals surface area (Å²) in [4.78, 5) is 0. The number of halogens is 1. The van der Waals surface area contributed by atoms with Gasteiger partial charge in [0, 0.05) is 12.2 Å². The minimum atomic E-state index is -1.39. The van der Waals surface area contributed by atoms with E-state index >= 15 is 0 Å². The first-order valence-corrected chi connectivity index (χ1v) is 9.16. The van der Waals surface area contributed by atoms with E-state index in [4.69, 9.17) is 5.73 Å². The predicted octanol–water partition coefficient (Wildman–Crippen LogP) is 4.64. The summed E-state index contributed by atoms with van der Waals surface area (Å²) in [6.45, 7) is 1.87. The van der Waals surface area contributed by atoms with Crippen molar-refractivity contribution in [3.63, 3.8) is 0 Å². The molecule has 0 spiro atoms. The van der Waals surface area contributed by atoms with Gasteiger partial charge in [0.25, 0.3) is 0 Å². The van der Waals surface area contributed by atoms with Gasteiger partial charge in [-0.05, 0) is 53.0 Å². The molecule has 1 atom stereocenters. The fourth-order valence-electron chi connectivity index (χ4n) is 2.05. The quantitative estimate of drug-likeness (QED) is 0.352. The molecule has 112 valence electrons. The number of rotatable bonds is 6. The summed E-state index contributed by atoms with van der Waals surface area (Å²) in [6.07, 6.45) is 1.95. The maximum Gasteiger partial charge on any atom is 0.146 e. The third-order valence-electron chi connectivity index (χ3n) is 3.25. The van der Waals surface area contributed by atoms with E-state index in [0.717, 1.165) is 16.8 Å². The molecule has 0 aliphatic rings. The summed E-state index contributed by atoms with van der Waals surface area (Å²) in [5, 5.41) is 0. The van der Waals surface area contributed by atoms with Crippen LogP contribution in [0.1, 0.15) is 12.5 Å². The van der Waals surface area contributed by atoms with Crippen LogP contribution in [0.25, 0.3) is 11.1 Å². The molecule has 2 aromatic carbocycles. The highest BCUT2D eigenvalue weighted by atomic mass is 33.1. The topological polar surface area (TPSA) is 38.0 Å². The van der Waals surface area contributed by atoms with Crippen LogP contribution >= 0.6 is 21.8 Å². The summed E-state index contributed by atoms with van der Waals surface area (Å²) in [5.41, 5.74) is 7.87. The molecule has 1 unspecified atom stereocenters. The normalized spacial score (nSPS) is 13.9. The largest absolute Gasteiger partial charge is 0.399 e. The first-order chi connectivity index (χ1) is 10.0. The van der Waals surface area contributed by atoms with Crippen molar-refractivity contribution in [2.75, 3.05) is 18.5 Å². The van der Waals surface area contributed by atoms with Crippen molar-refractivity contribution < 1.29 is 4.39 Å². The van der Waals surface area contributed by atoms with Crippen molar-refractivity contribution in [2.24, 2.45) is 0 Å². The highest BCUT2D eigenvalue weighted by molar-refractivity contribution is 8.75. The summed E-state index contributed by atoms with van der Waals surface area (Å²) >= 11 is 0. The molecule has 2 rings (SSSR count). The number of benzene rings is 2. The standard InChI is InChI=1S/C16H19FN2S2/c1-16(17,11-19-21-20-2)14-8-6-12(7-9-14)13-4-3-5-15(18)10-13/h3-10,19H,11,18H2,1-2H3. The second-order valence-corrected chi connectivity index (χ2v) is 7.26. The van der Waals surface area contributed by atoms with Gasteiger partial charge in [-0.2, -0.15) is 0 Å². The Kier molecular flexibility index (Phi) is 5.56. The van der Waals surface area contributed by atoms with Gasteiger partial charge in [-0.3, -0.25) is 4.72 Å². The Hall–Kier alpha value is -1.17. The van der Waals surface area contributed by atoms with Gasteiger partial charge in [-0.15, -0.1) is 0 Å². The third kappa shape index (κ3) is 4.40. The second kappa shape index (κ2) is 7.20. The Morgan fingerprint density at radius 1 is 1.14 bits per heavy atom. The number of hydrogen-bond acceptors (Lipinski definition) is 4. The van der Waals surface area contributed by atoms with Crippen LogP contribution in [0.2, 0.25) is 0 Å². The zero-order valence-corrected chi connectivity index (χ0v) is 13.7. The van der Waals surface area contributed by atoms with Crippen molar-refractivity contribution in [3.8, 4) is 11.1 Å². The maximum absolute atomic E-state index is 14.6. The van der Waals surface area contributed by atoms with Crippen molar-refractivity contribution in [1.29, 1.82) is 0 Å². The van der Waals surface area contributed by atoms with Crippen LogP contribution < -0.4 is 10.5 Å². The Morgan fingerprint density at radius 2 is 1.86 bits per heavy atom. The molecule has 0 bridgehead atoms. The van der Waals surface area contributed by atoms with Crippen molar-refractivity contribution in [3.05, 3.63) is 54.1 Å². The van der Waals surface area contributed by atoms with Gasteiger partial charge in [0.1, 0.15) is 5.67 Å². The van der Waals surface area contributed by atoms with Crippen LogP contribution in [0.4, 0.5) is 10.1 Å². The first kappa shape index (κ1) is 16.2. The summed E-state index contributed by atoms with van der Waals surface area (Å²) in [6, 6.07) is 15.2. The van der Waals surface area contributed by atoms with Crippen molar-refractivity contribution in [2.45, 2.75) is 12.6 Å². The molecule has 2 aromatic rings. The van der Waals surface area contributed by atoms with Gasteiger partial charge < -0.3 is 5.73 Å². The van der Waals surface area contributed by atoms with E-state index in [9.17, 15) is 4.39 Å². The minimum Gasteiger partial charge on any atom is -0.399 e. The minimum absolute atomic E-state index is 0.274. The van der Waals surface area contributed by atoms with Gasteiger partial charge in [-0.1, -0.05) is 47.2 Å². The molecule has 0 saturated heterocycles. The van der Waals surface area contributed by atoms with Crippen LogP contribution in [0.15, 0.2) is 48.5 Å². The number of anilines is 1. The highest BCUT2D eigenvalue weighted by Crippen LogP contribution is 2.29. The average Bonchev–Trinajstić information content (AvgIpc) is 2.47. The number of nitrogen functional groups attached to an aromatic ring is 1. The van der Waals surface area contributed by atoms with E-state index in [2.05, 4.69) is 4.72 Å². The van der Waals surface area contributed by atoms with Gasteiger partial charge in [-0.25, -0.2) is 4.39 Å². The lowest BCUT2D eigenvalue weighted by molar-refractivity contribution is 0.198. The van der Waals surface area contributed by atoms with E-state index in [1.165, 1.54) is 11.0 Å². The smallest absolute Gasteiger partial charge is 0.146 e. The molecule has 0 radical (unpaired) electrons. The van der Waals surface area contributed by atoms with Crippen molar-refractivity contribution in [1.82, 2.24) is 4.72 Å². The predicted molar refractivity (Wildman–Crippen MR) is 93.9 cm³/mol. The van der Waals surface area contributed by atoms with Crippen LogP contribution in [-0.4, -0.2) is 12.8 Å². The van der Waals surface area contributed by atoms with Gasteiger partial charge in [0.05, 0.1) is 0 Å². The van der Waals surface area contributed by atoms with Gasteiger partial charge >= 0.3 is 0 Å². The van der Waals surface area contributed by atoms with Crippen molar-refractivity contribution >= 4 is 27.5 Å². The molecule has 0 aliphatic carbocycles. The molecular formula is C16H19FN2S2. The Balaban J connectivity index is 2.15. The highest BCUT2D eigenvalue weighted by Gasteiger charge is 2.25. The van der Waals surface area contributed by atoms with Crippen LogP contribution in [-0.2, 0) is 5.67 Å². The summed E-state index contributed by atoms with van der Waals surface area (Å²) in [5.74, 6) is 0. The van der Waals surface area contributed by atoms with E-state index < -0.39 is 5.67 Å².